The summed E-state index contributed by atoms with van der Waals surface area (Å²) in [6.45, 7) is 0.750. The normalized spacial score (nSPS) is 12.1. The van der Waals surface area contributed by atoms with E-state index in [4.69, 9.17) is 5.11 Å². The van der Waals surface area contributed by atoms with Crippen molar-refractivity contribution >= 4 is 58.4 Å². The van der Waals surface area contributed by atoms with Crippen molar-refractivity contribution in [2.75, 3.05) is 18.4 Å². The largest absolute Gasteiger partial charge is 0.480 e. The molecule has 5 aromatic rings. The molecule has 1 heterocycles. The van der Waals surface area contributed by atoms with Gasteiger partial charge in [0.1, 0.15) is 24.7 Å². The number of hydrogen-bond donors (Lipinski definition) is 7. The maximum Gasteiger partial charge on any atom is 0.322 e. The van der Waals surface area contributed by atoms with Gasteiger partial charge in [0.15, 0.2) is 0 Å². The minimum absolute atomic E-state index is 0.00274. The number of aliphatic carboxylic acids is 1. The van der Waals surface area contributed by atoms with Gasteiger partial charge < -0.3 is 37.0 Å². The molecule has 3 atom stereocenters. The maximum absolute atomic E-state index is 14.3. The molecule has 0 spiro atoms. The van der Waals surface area contributed by atoms with E-state index in [-0.39, 0.29) is 38.0 Å². The first-order chi connectivity index (χ1) is 29.4. The number of amides is 6. The van der Waals surface area contributed by atoms with E-state index in [9.17, 15) is 33.6 Å². The highest BCUT2D eigenvalue weighted by atomic mass is 32.1. The van der Waals surface area contributed by atoms with Crippen molar-refractivity contribution in [2.45, 2.75) is 57.2 Å². The molecule has 0 unspecified atom stereocenters. The average molecular weight is 845 g/mol. The van der Waals surface area contributed by atoms with E-state index < -0.39 is 66.7 Å². The molecule has 14 nitrogen and oxygen atoms in total. The molecule has 0 aliphatic heterocycles. The molecular weight excluding hydrogens is 797 g/mol. The number of carbonyl (C=O) groups excluding carboxylic acids is 6. The second kappa shape index (κ2) is 22.9. The summed E-state index contributed by atoms with van der Waals surface area (Å²) in [6.07, 6.45) is -0.204. The molecule has 61 heavy (non-hydrogen) atoms. The fourth-order valence-electron chi connectivity index (χ4n) is 6.23. The monoisotopic (exact) mass is 844 g/mol. The van der Waals surface area contributed by atoms with Crippen LogP contribution in [0.3, 0.4) is 0 Å². The number of carboxylic acids is 1. The van der Waals surface area contributed by atoms with Crippen LogP contribution < -0.4 is 31.9 Å². The van der Waals surface area contributed by atoms with Gasteiger partial charge in [-0.1, -0.05) is 109 Å². The fraction of sp³-hybridized carbons (Fsp3) is 0.239. The molecule has 0 saturated heterocycles. The van der Waals surface area contributed by atoms with E-state index in [0.717, 1.165) is 21.6 Å². The van der Waals surface area contributed by atoms with Crippen LogP contribution in [0.5, 0.6) is 0 Å². The molecule has 5 rings (SSSR count). The summed E-state index contributed by atoms with van der Waals surface area (Å²) in [7, 11) is 0. The molecule has 0 fully saturated rings. The number of aryl methyl sites for hydroxylation is 1. The second-order valence-electron chi connectivity index (χ2n) is 14.3. The topological polar surface area (TPSA) is 212 Å². The Labute approximate surface area is 357 Å². The predicted octanol–water partition coefficient (Wildman–Crippen LogP) is 3.94. The Morgan fingerprint density at radius 3 is 1.69 bits per heavy atom. The average Bonchev–Trinajstić information content (AvgIpc) is 3.78. The maximum atomic E-state index is 14.3. The Kier molecular flexibility index (Phi) is 16.9. The van der Waals surface area contributed by atoms with Gasteiger partial charge in [-0.15, -0.1) is 11.3 Å². The lowest BCUT2D eigenvalue weighted by molar-refractivity contribution is -0.138. The van der Waals surface area contributed by atoms with Crippen molar-refractivity contribution in [3.8, 4) is 11.1 Å². The molecule has 0 radical (unpaired) electrons. The number of carboxylic acid groups (broad SMARTS) is 1. The van der Waals surface area contributed by atoms with Crippen LogP contribution in [0.15, 0.2) is 127 Å². The van der Waals surface area contributed by atoms with Crippen molar-refractivity contribution in [3.05, 3.63) is 148 Å². The van der Waals surface area contributed by atoms with Gasteiger partial charge in [-0.25, -0.2) is 0 Å². The molecule has 1 aromatic heterocycles. The Balaban J connectivity index is 1.35. The van der Waals surface area contributed by atoms with Gasteiger partial charge in [0.05, 0.1) is 6.54 Å². The standard InChI is InChI=1S/C46H48N6O8S/c1-30-14-20-35(21-15-30)49-40(53)22-23-41(54)50-39(27-36-13-8-24-61-36)46(60)52-38(26-32-16-18-34(19-17-32)33-11-6-3-7-12-33)45(59)51-37(25-31-9-4-2-5-10-31)44(58)48-28-42(55)47-29-43(56)57/h2-21,24,37-39H,22-23,25-29H2,1H3,(H,47,55)(H,48,58)(H,49,53)(H,50,54)(H,51,59)(H,52,60)(H,56,57)/t37-,38+,39-/m1/s1. The van der Waals surface area contributed by atoms with Crippen LogP contribution in [0.4, 0.5) is 5.69 Å². The molecule has 0 aliphatic rings. The highest BCUT2D eigenvalue weighted by molar-refractivity contribution is 7.09. The minimum atomic E-state index is -1.25. The van der Waals surface area contributed by atoms with Crippen LogP contribution in [0.2, 0.25) is 0 Å². The van der Waals surface area contributed by atoms with Crippen LogP contribution >= 0.6 is 11.3 Å². The van der Waals surface area contributed by atoms with Crippen molar-refractivity contribution < 1.29 is 38.7 Å². The first-order valence-electron chi connectivity index (χ1n) is 19.7. The molecule has 0 aliphatic carbocycles. The number of hydrogen-bond acceptors (Lipinski definition) is 8. The van der Waals surface area contributed by atoms with Crippen LogP contribution in [0, 0.1) is 6.92 Å². The number of nitrogens with one attached hydrogen (secondary N) is 6. The summed E-state index contributed by atoms with van der Waals surface area (Å²) in [5.74, 6) is -4.99. The van der Waals surface area contributed by atoms with E-state index in [1.807, 2.05) is 91.2 Å². The Morgan fingerprint density at radius 1 is 0.525 bits per heavy atom. The molecule has 0 bridgehead atoms. The Hall–Kier alpha value is -7.13. The molecular formula is C46H48N6O8S. The lowest BCUT2D eigenvalue weighted by atomic mass is 9.99. The van der Waals surface area contributed by atoms with Gasteiger partial charge in [0.2, 0.25) is 35.4 Å². The second-order valence-corrected chi connectivity index (χ2v) is 15.3. The Bertz CT molecular complexity index is 2250. The summed E-state index contributed by atoms with van der Waals surface area (Å²) in [6, 6.07) is 33.3. The third-order valence-electron chi connectivity index (χ3n) is 9.46. The number of rotatable bonds is 21. The van der Waals surface area contributed by atoms with Gasteiger partial charge >= 0.3 is 5.97 Å². The summed E-state index contributed by atoms with van der Waals surface area (Å²) in [4.78, 5) is 92.0. The molecule has 7 N–H and O–H groups in total. The van der Waals surface area contributed by atoms with Crippen molar-refractivity contribution in [2.24, 2.45) is 0 Å². The zero-order valence-electron chi connectivity index (χ0n) is 33.5. The SMILES string of the molecule is Cc1ccc(NC(=O)CCC(=O)N[C@H](Cc2cccs2)C(=O)N[C@@H](Cc2ccc(-c3ccccc3)cc2)C(=O)N[C@H](Cc2ccccc2)C(=O)NCC(=O)NCC(=O)O)cc1. The number of anilines is 1. The number of benzene rings is 4. The summed E-state index contributed by atoms with van der Waals surface area (Å²) in [5.41, 5.74) is 4.94. The molecule has 0 saturated carbocycles. The van der Waals surface area contributed by atoms with Crippen LogP contribution in [-0.2, 0) is 52.8 Å². The molecule has 15 heteroatoms. The lowest BCUT2D eigenvalue weighted by Gasteiger charge is -2.26. The highest BCUT2D eigenvalue weighted by Crippen LogP contribution is 2.20. The zero-order valence-corrected chi connectivity index (χ0v) is 34.3. The smallest absolute Gasteiger partial charge is 0.322 e. The van der Waals surface area contributed by atoms with E-state index >= 15 is 0 Å². The third kappa shape index (κ3) is 15.2. The first-order valence-corrected chi connectivity index (χ1v) is 20.5. The minimum Gasteiger partial charge on any atom is -0.480 e. The van der Waals surface area contributed by atoms with Gasteiger partial charge in [-0.2, -0.15) is 0 Å². The number of carbonyl (C=O) groups is 7. The van der Waals surface area contributed by atoms with Crippen LogP contribution in [0.1, 0.15) is 34.4 Å². The first kappa shape index (κ1) is 45.0. The summed E-state index contributed by atoms with van der Waals surface area (Å²) >= 11 is 1.39. The summed E-state index contributed by atoms with van der Waals surface area (Å²) in [5, 5.41) is 26.5. The van der Waals surface area contributed by atoms with E-state index in [1.54, 1.807) is 42.5 Å². The fourth-order valence-corrected chi connectivity index (χ4v) is 6.98. The van der Waals surface area contributed by atoms with Crippen molar-refractivity contribution in [1.82, 2.24) is 26.6 Å². The molecule has 4 aromatic carbocycles. The van der Waals surface area contributed by atoms with E-state index in [0.29, 0.717) is 16.8 Å². The van der Waals surface area contributed by atoms with E-state index in [2.05, 4.69) is 31.9 Å². The number of thiophene rings is 1. The molecule has 316 valence electrons. The Morgan fingerprint density at radius 2 is 1.08 bits per heavy atom. The zero-order chi connectivity index (χ0) is 43.6. The summed E-state index contributed by atoms with van der Waals surface area (Å²) < 4.78 is 0. The lowest BCUT2D eigenvalue weighted by Crippen LogP contribution is -2.58. The predicted molar refractivity (Wildman–Crippen MR) is 232 cm³/mol. The van der Waals surface area contributed by atoms with Crippen molar-refractivity contribution in [3.63, 3.8) is 0 Å². The van der Waals surface area contributed by atoms with E-state index in [1.165, 1.54) is 11.3 Å². The highest BCUT2D eigenvalue weighted by Gasteiger charge is 2.31. The van der Waals surface area contributed by atoms with Gasteiger partial charge in [-0.05, 0) is 52.8 Å². The molecule has 6 amide bonds. The van der Waals surface area contributed by atoms with Crippen molar-refractivity contribution in [1.29, 1.82) is 0 Å². The van der Waals surface area contributed by atoms with Gasteiger partial charge in [-0.3, -0.25) is 33.6 Å². The quantitative estimate of drug-likeness (QED) is 0.0574. The van der Waals surface area contributed by atoms with Crippen LogP contribution in [0.25, 0.3) is 11.1 Å². The third-order valence-corrected chi connectivity index (χ3v) is 10.4. The van der Waals surface area contributed by atoms with Gasteiger partial charge in [0.25, 0.3) is 0 Å². The van der Waals surface area contributed by atoms with Crippen LogP contribution in [-0.4, -0.2) is 77.7 Å². The van der Waals surface area contributed by atoms with Gasteiger partial charge in [0, 0.05) is 42.7 Å².